The van der Waals surface area contributed by atoms with Crippen LogP contribution >= 0.6 is 0 Å². The van der Waals surface area contributed by atoms with Crippen LogP contribution in [-0.4, -0.2) is 35.6 Å². The van der Waals surface area contributed by atoms with E-state index in [4.69, 9.17) is 20.6 Å². The summed E-state index contributed by atoms with van der Waals surface area (Å²) in [5, 5.41) is 8.40. The van der Waals surface area contributed by atoms with Gasteiger partial charge in [-0.3, -0.25) is 9.59 Å². The lowest BCUT2D eigenvalue weighted by Gasteiger charge is -2.07. The number of aliphatic carboxylic acids is 1. The van der Waals surface area contributed by atoms with E-state index in [0.29, 0.717) is 29.8 Å². The Bertz CT molecular complexity index is 1920. The van der Waals surface area contributed by atoms with E-state index in [1.165, 1.54) is 0 Å². The van der Waals surface area contributed by atoms with Crippen molar-refractivity contribution in [1.29, 1.82) is 0 Å². The average molecular weight is 521 g/mol. The van der Waals surface area contributed by atoms with E-state index in [2.05, 4.69) is 37.7 Å². The molecule has 6 aromatic rings. The molecule has 0 saturated carbocycles. The number of nitrogens with two attached hydrogens (primary N) is 1. The Kier molecular flexibility index (Phi) is 6.91. The molecule has 3 heterocycles. The first-order valence-electron chi connectivity index (χ1n) is 12.5. The number of benzene rings is 3. The Balaban J connectivity index is 0.000000723. The molecule has 0 aliphatic heterocycles. The monoisotopic (exact) mass is 520 g/mol. The van der Waals surface area contributed by atoms with E-state index < -0.39 is 5.97 Å². The van der Waals surface area contributed by atoms with Crippen molar-refractivity contribution < 1.29 is 9.90 Å². The summed E-state index contributed by atoms with van der Waals surface area (Å²) in [6.07, 6.45) is 2.01. The molecule has 0 amide bonds. The van der Waals surface area contributed by atoms with E-state index in [0.717, 1.165) is 56.9 Å². The molecule has 0 bridgehead atoms. The largest absolute Gasteiger partial charge is 0.481 e. The number of nitrogens with one attached hydrogen (secondary N) is 1. The number of para-hydroxylation sites is 1. The van der Waals surface area contributed by atoms with Gasteiger partial charge in [0.15, 0.2) is 0 Å². The number of hydrogen-bond donors (Lipinski definition) is 3. The highest BCUT2D eigenvalue weighted by Gasteiger charge is 2.16. The zero-order chi connectivity index (χ0) is 27.7. The molecule has 4 N–H and O–H groups in total. The van der Waals surface area contributed by atoms with E-state index in [9.17, 15) is 4.79 Å². The quantitative estimate of drug-likeness (QED) is 0.286. The second kappa shape index (κ2) is 10.5. The van der Waals surface area contributed by atoms with Crippen LogP contribution in [0.3, 0.4) is 0 Å². The van der Waals surface area contributed by atoms with Crippen LogP contribution in [0.25, 0.3) is 44.2 Å². The molecule has 0 aliphatic rings. The summed E-state index contributed by atoms with van der Waals surface area (Å²) in [6, 6.07) is 20.1. The predicted molar refractivity (Wildman–Crippen MR) is 153 cm³/mol. The number of hydrogen-bond acceptors (Lipinski definition) is 6. The van der Waals surface area contributed by atoms with Crippen molar-refractivity contribution in [1.82, 2.24) is 24.5 Å². The molecule has 3 aromatic carbocycles. The van der Waals surface area contributed by atoms with Gasteiger partial charge in [-0.2, -0.15) is 0 Å². The van der Waals surface area contributed by atoms with Crippen LogP contribution in [0.4, 0.5) is 0 Å². The second-order valence-corrected chi connectivity index (χ2v) is 9.40. The number of carboxylic acids is 1. The van der Waals surface area contributed by atoms with Crippen LogP contribution in [-0.2, 0) is 17.9 Å². The predicted octanol–water partition coefficient (Wildman–Crippen LogP) is 4.70. The van der Waals surface area contributed by atoms with E-state index in [1.54, 1.807) is 0 Å². The maximum absolute atomic E-state index is 13.2. The van der Waals surface area contributed by atoms with E-state index >= 15 is 0 Å². The van der Waals surface area contributed by atoms with Gasteiger partial charge in [0.25, 0.3) is 11.5 Å². The lowest BCUT2D eigenvalue weighted by Crippen LogP contribution is -2.11. The van der Waals surface area contributed by atoms with Crippen molar-refractivity contribution in [3.8, 4) is 11.3 Å². The summed E-state index contributed by atoms with van der Waals surface area (Å²) >= 11 is 0. The van der Waals surface area contributed by atoms with Gasteiger partial charge in [0, 0.05) is 42.7 Å². The van der Waals surface area contributed by atoms with Crippen LogP contribution < -0.4 is 11.3 Å². The number of aromatic amines is 1. The van der Waals surface area contributed by atoms with Gasteiger partial charge in [0.1, 0.15) is 5.69 Å². The molecular formula is C30H28N6O3. The Hall–Kier alpha value is -4.89. The molecule has 0 unspecified atom stereocenters. The highest BCUT2D eigenvalue weighted by Crippen LogP contribution is 2.30. The van der Waals surface area contributed by atoms with E-state index in [-0.39, 0.29) is 5.56 Å². The molecule has 3 aromatic heterocycles. The Labute approximate surface area is 224 Å². The number of aromatic nitrogens is 5. The number of H-pyrrole nitrogens is 1. The molecule has 6 rings (SSSR count). The van der Waals surface area contributed by atoms with Gasteiger partial charge in [0.2, 0.25) is 0 Å². The standard InChI is InChI=1S/C28H24N6O.C2H4O2/c1-16-17(2)31-23-12-25-24(11-22(23)30-16)32-27(28(35)33-25)21-15-34(26-9-4-3-8-20(21)26)14-19-7-5-6-18(10-19)13-29;1-2(3)4/h3-12,15H,13-14,29H2,1-2H3,(H,33,35);1H3,(H,3,4). The van der Waals surface area contributed by atoms with Crippen LogP contribution in [0.1, 0.15) is 29.4 Å². The van der Waals surface area contributed by atoms with Crippen LogP contribution in [0.2, 0.25) is 0 Å². The van der Waals surface area contributed by atoms with Crippen molar-refractivity contribution in [2.45, 2.75) is 33.9 Å². The number of aryl methyl sites for hydroxylation is 2. The zero-order valence-corrected chi connectivity index (χ0v) is 21.9. The lowest BCUT2D eigenvalue weighted by atomic mass is 10.1. The van der Waals surface area contributed by atoms with Gasteiger partial charge in [-0.25, -0.2) is 15.0 Å². The number of fused-ring (bicyclic) bond motifs is 3. The normalized spacial score (nSPS) is 11.1. The minimum atomic E-state index is -0.833. The molecule has 0 radical (unpaired) electrons. The number of carboxylic acid groups (broad SMARTS) is 1. The first kappa shape index (κ1) is 25.7. The minimum Gasteiger partial charge on any atom is -0.481 e. The SMILES string of the molecule is CC(=O)O.Cc1nc2cc3nc(-c4cn(Cc5cccc(CN)c5)c5ccccc45)c(=O)[nH]c3cc2nc1C. The number of rotatable bonds is 4. The maximum Gasteiger partial charge on any atom is 0.300 e. The summed E-state index contributed by atoms with van der Waals surface area (Å²) in [7, 11) is 0. The van der Waals surface area contributed by atoms with Gasteiger partial charge >= 0.3 is 0 Å². The topological polar surface area (TPSA) is 140 Å². The third kappa shape index (κ3) is 5.25. The van der Waals surface area contributed by atoms with Crippen molar-refractivity contribution in [3.63, 3.8) is 0 Å². The molecule has 9 heteroatoms. The molecule has 0 atom stereocenters. The Morgan fingerprint density at radius 1 is 0.923 bits per heavy atom. The zero-order valence-electron chi connectivity index (χ0n) is 21.9. The van der Waals surface area contributed by atoms with Gasteiger partial charge in [-0.15, -0.1) is 0 Å². The highest BCUT2D eigenvalue weighted by molar-refractivity contribution is 5.97. The molecule has 0 fully saturated rings. The molecule has 0 saturated heterocycles. The first-order chi connectivity index (χ1) is 18.7. The number of nitrogens with zero attached hydrogens (tertiary/aromatic N) is 4. The molecule has 39 heavy (non-hydrogen) atoms. The van der Waals surface area contributed by atoms with Gasteiger partial charge < -0.3 is 20.4 Å². The van der Waals surface area contributed by atoms with Crippen molar-refractivity contribution in [2.75, 3.05) is 0 Å². The Morgan fingerprint density at radius 3 is 2.31 bits per heavy atom. The maximum atomic E-state index is 13.2. The minimum absolute atomic E-state index is 0.235. The van der Waals surface area contributed by atoms with E-state index in [1.807, 2.05) is 62.5 Å². The van der Waals surface area contributed by atoms with Gasteiger partial charge in [0.05, 0.1) is 33.5 Å². The van der Waals surface area contributed by atoms with Gasteiger partial charge in [-0.05, 0) is 43.2 Å². The molecule has 196 valence electrons. The second-order valence-electron chi connectivity index (χ2n) is 9.40. The smallest absolute Gasteiger partial charge is 0.300 e. The third-order valence-corrected chi connectivity index (χ3v) is 6.51. The highest BCUT2D eigenvalue weighted by atomic mass is 16.4. The average Bonchev–Trinajstić information content (AvgIpc) is 3.26. The molecular weight excluding hydrogens is 492 g/mol. The summed E-state index contributed by atoms with van der Waals surface area (Å²) in [5.74, 6) is -0.833. The van der Waals surface area contributed by atoms with Gasteiger partial charge in [-0.1, -0.05) is 42.5 Å². The van der Waals surface area contributed by atoms with Crippen molar-refractivity contribution >= 4 is 38.9 Å². The fourth-order valence-corrected chi connectivity index (χ4v) is 4.61. The van der Waals surface area contributed by atoms with Crippen molar-refractivity contribution in [3.05, 3.63) is 99.7 Å². The van der Waals surface area contributed by atoms with Crippen LogP contribution in [0, 0.1) is 13.8 Å². The summed E-state index contributed by atoms with van der Waals surface area (Å²) < 4.78 is 2.16. The fraction of sp³-hybridized carbons (Fsp3) is 0.167. The molecule has 0 aliphatic carbocycles. The lowest BCUT2D eigenvalue weighted by molar-refractivity contribution is -0.134. The van der Waals surface area contributed by atoms with Crippen molar-refractivity contribution in [2.24, 2.45) is 5.73 Å². The first-order valence-corrected chi connectivity index (χ1v) is 12.5. The third-order valence-electron chi connectivity index (χ3n) is 6.51. The fourth-order valence-electron chi connectivity index (χ4n) is 4.61. The Morgan fingerprint density at radius 2 is 1.59 bits per heavy atom. The summed E-state index contributed by atoms with van der Waals surface area (Å²) in [5.41, 5.74) is 14.6. The van der Waals surface area contributed by atoms with Crippen LogP contribution in [0.5, 0.6) is 0 Å². The number of carbonyl (C=O) groups is 1. The molecule has 0 spiro atoms. The van der Waals surface area contributed by atoms with Crippen LogP contribution in [0.15, 0.2) is 71.7 Å². The summed E-state index contributed by atoms with van der Waals surface area (Å²) in [6.45, 7) is 6.12. The molecule has 9 nitrogen and oxygen atoms in total. The summed E-state index contributed by atoms with van der Waals surface area (Å²) in [4.78, 5) is 39.3.